The summed E-state index contributed by atoms with van der Waals surface area (Å²) < 4.78 is 29.9. The Bertz CT molecular complexity index is 1400. The van der Waals surface area contributed by atoms with Gasteiger partial charge in [-0.3, -0.25) is 4.79 Å². The van der Waals surface area contributed by atoms with Gasteiger partial charge in [0, 0.05) is 37.5 Å². The number of carbonyl (C=O) groups is 1. The van der Waals surface area contributed by atoms with Gasteiger partial charge in [-0.1, -0.05) is 37.3 Å². The number of piperidine rings is 1. The van der Waals surface area contributed by atoms with E-state index in [9.17, 15) is 18.5 Å². The minimum absolute atomic E-state index is 0.0764. The monoisotopic (exact) mass is 489 g/mol. The Labute approximate surface area is 205 Å². The Balaban J connectivity index is 1.82. The van der Waals surface area contributed by atoms with Crippen molar-refractivity contribution in [3.63, 3.8) is 0 Å². The average Bonchev–Trinajstić information content (AvgIpc) is 3.31. The molecule has 180 valence electrons. The van der Waals surface area contributed by atoms with Gasteiger partial charge in [-0.05, 0) is 49.1 Å². The van der Waals surface area contributed by atoms with Gasteiger partial charge < -0.3 is 5.32 Å². The number of para-hydroxylation sites is 1. The van der Waals surface area contributed by atoms with Crippen LogP contribution in [0.15, 0.2) is 71.3 Å². The van der Waals surface area contributed by atoms with Gasteiger partial charge in [-0.2, -0.15) is 14.7 Å². The number of rotatable bonds is 6. The molecule has 1 aliphatic rings. The molecule has 1 unspecified atom stereocenters. The van der Waals surface area contributed by atoms with Crippen molar-refractivity contribution in [2.24, 2.45) is 5.92 Å². The van der Waals surface area contributed by atoms with Gasteiger partial charge in [0.05, 0.1) is 10.6 Å². The molecule has 1 aromatic heterocycles. The first kappa shape index (κ1) is 24.4. The van der Waals surface area contributed by atoms with E-state index >= 15 is 0 Å². The molecular weight excluding hydrogens is 462 g/mol. The molecule has 1 atom stereocenters. The third-order valence-corrected chi connectivity index (χ3v) is 7.88. The molecule has 1 amide bonds. The van der Waals surface area contributed by atoms with Crippen molar-refractivity contribution in [1.29, 1.82) is 5.26 Å². The number of hydrogen-bond donors (Lipinski definition) is 1. The standard InChI is InChI=1S/C26H27N5O3S/c1-19-8-7-13-30(17-19)35(33,34)24-12-6-9-20(15-24)25-22(14-21(16-27)26(32)28-2)18-31(29-25)23-10-4-3-5-11-23/h3-6,9-12,14-15,18-19H,7-8,13,17H2,1-2H3,(H,28,32). The van der Waals surface area contributed by atoms with Gasteiger partial charge in [0.25, 0.3) is 5.91 Å². The number of nitriles is 1. The molecular formula is C26H27N5O3S. The number of nitrogens with zero attached hydrogens (tertiary/aromatic N) is 4. The quantitative estimate of drug-likeness (QED) is 0.420. The summed E-state index contributed by atoms with van der Waals surface area (Å²) in [5.74, 6) is -0.199. The van der Waals surface area contributed by atoms with Crippen molar-refractivity contribution in [3.8, 4) is 23.0 Å². The number of hydrogen-bond acceptors (Lipinski definition) is 5. The van der Waals surface area contributed by atoms with Crippen molar-refractivity contribution >= 4 is 22.0 Å². The predicted octanol–water partition coefficient (Wildman–Crippen LogP) is 3.61. The lowest BCUT2D eigenvalue weighted by Crippen LogP contribution is -2.39. The molecule has 1 fully saturated rings. The second-order valence-corrected chi connectivity index (χ2v) is 10.5. The summed E-state index contributed by atoms with van der Waals surface area (Å²) in [6.07, 6.45) is 5.05. The number of aromatic nitrogens is 2. The van der Waals surface area contributed by atoms with Crippen molar-refractivity contribution in [1.82, 2.24) is 19.4 Å². The second kappa shape index (κ2) is 10.3. The molecule has 0 aliphatic carbocycles. The molecule has 35 heavy (non-hydrogen) atoms. The number of likely N-dealkylation sites (N-methyl/N-ethyl adjacent to an activating group) is 1. The van der Waals surface area contributed by atoms with Crippen molar-refractivity contribution in [3.05, 3.63) is 71.9 Å². The number of sulfonamides is 1. The first-order chi connectivity index (χ1) is 16.8. The number of nitrogens with one attached hydrogen (secondary N) is 1. The van der Waals surface area contributed by atoms with Gasteiger partial charge in [-0.25, -0.2) is 13.1 Å². The lowest BCUT2D eigenvalue weighted by Gasteiger charge is -2.30. The normalized spacial score (nSPS) is 17.1. The van der Waals surface area contributed by atoms with E-state index < -0.39 is 15.9 Å². The SMILES string of the molecule is CNC(=O)C(C#N)=Cc1cn(-c2ccccc2)nc1-c1cccc(S(=O)(=O)N2CCCC(C)C2)c1. The molecule has 1 saturated heterocycles. The van der Waals surface area contributed by atoms with E-state index in [1.54, 1.807) is 39.4 Å². The third-order valence-electron chi connectivity index (χ3n) is 6.02. The summed E-state index contributed by atoms with van der Waals surface area (Å²) in [5.41, 5.74) is 2.28. The minimum Gasteiger partial charge on any atom is -0.354 e. The predicted molar refractivity (Wildman–Crippen MR) is 134 cm³/mol. The zero-order chi connectivity index (χ0) is 25.0. The van der Waals surface area contributed by atoms with E-state index in [1.807, 2.05) is 36.4 Å². The highest BCUT2D eigenvalue weighted by Gasteiger charge is 2.29. The second-order valence-electron chi connectivity index (χ2n) is 8.60. The maximum absolute atomic E-state index is 13.4. The van der Waals surface area contributed by atoms with Crippen LogP contribution >= 0.6 is 0 Å². The fourth-order valence-electron chi connectivity index (χ4n) is 4.19. The van der Waals surface area contributed by atoms with Crippen LogP contribution in [0.5, 0.6) is 0 Å². The van der Waals surface area contributed by atoms with Crippen LogP contribution in [0.1, 0.15) is 25.3 Å². The van der Waals surface area contributed by atoms with Crippen LogP contribution in [0.25, 0.3) is 23.0 Å². The van der Waals surface area contributed by atoms with Crippen molar-refractivity contribution in [2.45, 2.75) is 24.7 Å². The first-order valence-electron chi connectivity index (χ1n) is 11.4. The van der Waals surface area contributed by atoms with Gasteiger partial charge in [0.2, 0.25) is 10.0 Å². The highest BCUT2D eigenvalue weighted by molar-refractivity contribution is 7.89. The van der Waals surface area contributed by atoms with Crippen LogP contribution in [0, 0.1) is 17.2 Å². The summed E-state index contributed by atoms with van der Waals surface area (Å²) in [6, 6.07) is 18.0. The van der Waals surface area contributed by atoms with E-state index in [-0.39, 0.29) is 10.5 Å². The molecule has 4 rings (SSSR count). The molecule has 2 aromatic carbocycles. The number of benzene rings is 2. The Morgan fingerprint density at radius 2 is 1.97 bits per heavy atom. The molecule has 1 N–H and O–H groups in total. The Morgan fingerprint density at radius 3 is 2.66 bits per heavy atom. The van der Waals surface area contributed by atoms with E-state index in [0.717, 1.165) is 18.5 Å². The largest absolute Gasteiger partial charge is 0.354 e. The van der Waals surface area contributed by atoms with Crippen LogP contribution in [0.2, 0.25) is 0 Å². The fraction of sp³-hybridized carbons (Fsp3) is 0.269. The zero-order valence-electron chi connectivity index (χ0n) is 19.7. The molecule has 3 aromatic rings. The van der Waals surface area contributed by atoms with E-state index in [4.69, 9.17) is 5.10 Å². The highest BCUT2D eigenvalue weighted by Crippen LogP contribution is 2.30. The summed E-state index contributed by atoms with van der Waals surface area (Å²) in [5, 5.41) is 16.7. The summed E-state index contributed by atoms with van der Waals surface area (Å²) >= 11 is 0. The van der Waals surface area contributed by atoms with Crippen LogP contribution < -0.4 is 5.32 Å². The van der Waals surface area contributed by atoms with Gasteiger partial charge in [0.1, 0.15) is 17.3 Å². The number of amides is 1. The molecule has 1 aliphatic heterocycles. The Hall–Kier alpha value is -3.74. The maximum atomic E-state index is 13.4. The average molecular weight is 490 g/mol. The topological polar surface area (TPSA) is 108 Å². The van der Waals surface area contributed by atoms with Gasteiger partial charge in [0.15, 0.2) is 0 Å². The van der Waals surface area contributed by atoms with E-state index in [0.29, 0.717) is 35.8 Å². The summed E-state index contributed by atoms with van der Waals surface area (Å²) in [7, 11) is -2.21. The van der Waals surface area contributed by atoms with Crippen molar-refractivity contribution < 1.29 is 13.2 Å². The third kappa shape index (κ3) is 5.19. The van der Waals surface area contributed by atoms with Gasteiger partial charge >= 0.3 is 0 Å². The highest BCUT2D eigenvalue weighted by atomic mass is 32.2. The molecule has 0 bridgehead atoms. The van der Waals surface area contributed by atoms with Crippen LogP contribution in [-0.2, 0) is 14.8 Å². The minimum atomic E-state index is -3.66. The fourth-order valence-corrected chi connectivity index (χ4v) is 5.83. The Kier molecular flexibility index (Phi) is 7.15. The molecule has 2 heterocycles. The Morgan fingerprint density at radius 1 is 1.20 bits per heavy atom. The molecule has 8 nitrogen and oxygen atoms in total. The van der Waals surface area contributed by atoms with Crippen molar-refractivity contribution in [2.75, 3.05) is 20.1 Å². The molecule has 0 saturated carbocycles. The summed E-state index contributed by atoms with van der Waals surface area (Å²) in [6.45, 7) is 3.07. The zero-order valence-corrected chi connectivity index (χ0v) is 20.5. The molecule has 0 radical (unpaired) electrons. The molecule has 9 heteroatoms. The van der Waals surface area contributed by atoms with Gasteiger partial charge in [-0.15, -0.1) is 0 Å². The first-order valence-corrected chi connectivity index (χ1v) is 12.9. The smallest absolute Gasteiger partial charge is 0.261 e. The van der Waals surface area contributed by atoms with Crippen LogP contribution in [0.3, 0.4) is 0 Å². The summed E-state index contributed by atoms with van der Waals surface area (Å²) in [4.78, 5) is 12.3. The molecule has 0 spiro atoms. The number of carbonyl (C=O) groups excluding carboxylic acids is 1. The van der Waals surface area contributed by atoms with Crippen LogP contribution in [0.4, 0.5) is 0 Å². The maximum Gasteiger partial charge on any atom is 0.261 e. The lowest BCUT2D eigenvalue weighted by atomic mass is 10.0. The van der Waals surface area contributed by atoms with Crippen LogP contribution in [-0.4, -0.2) is 48.5 Å². The van der Waals surface area contributed by atoms with E-state index in [1.165, 1.54) is 13.1 Å². The van der Waals surface area contributed by atoms with E-state index in [2.05, 4.69) is 12.2 Å². The lowest BCUT2D eigenvalue weighted by molar-refractivity contribution is -0.116.